The lowest BCUT2D eigenvalue weighted by Crippen LogP contribution is -2.30. The summed E-state index contributed by atoms with van der Waals surface area (Å²) in [5.74, 6) is 1.82. The lowest BCUT2D eigenvalue weighted by atomic mass is 9.97. The molecular weight excluding hydrogens is 587 g/mol. The summed E-state index contributed by atoms with van der Waals surface area (Å²) in [4.78, 5) is 0. The molecule has 6 aromatic carbocycles. The van der Waals surface area contributed by atoms with Crippen LogP contribution in [0.4, 0.5) is 0 Å². The topological polar surface area (TPSA) is 18.5 Å². The van der Waals surface area contributed by atoms with E-state index in [1.54, 1.807) is 0 Å². The van der Waals surface area contributed by atoms with E-state index in [0.717, 1.165) is 67.7 Å². The summed E-state index contributed by atoms with van der Waals surface area (Å²) in [5.41, 5.74) is 8.94. The molecule has 0 amide bonds. The van der Waals surface area contributed by atoms with Crippen LogP contribution in [-0.2, 0) is 0 Å². The van der Waals surface area contributed by atoms with Crippen LogP contribution in [0.5, 0.6) is 11.5 Å². The number of rotatable bonds is 15. The molecule has 0 spiro atoms. The van der Waals surface area contributed by atoms with Gasteiger partial charge in [-0.3, -0.25) is 0 Å². The van der Waals surface area contributed by atoms with Crippen LogP contribution >= 0.6 is 0 Å². The molecular formula is C44H43AlO2. The smallest absolute Gasteiger partial charge is 0.611 e. The fraction of sp³-hybridized carbons (Fsp3) is 0.182. The van der Waals surface area contributed by atoms with E-state index in [-0.39, 0.29) is 0 Å². The highest BCUT2D eigenvalue weighted by Crippen LogP contribution is 2.42. The third-order valence-electron chi connectivity index (χ3n) is 8.66. The van der Waals surface area contributed by atoms with Crippen molar-refractivity contribution in [3.05, 3.63) is 158 Å². The van der Waals surface area contributed by atoms with Gasteiger partial charge < -0.3 is 7.58 Å². The van der Waals surface area contributed by atoms with Gasteiger partial charge in [-0.25, -0.2) is 0 Å². The van der Waals surface area contributed by atoms with Gasteiger partial charge >= 0.3 is 14.8 Å². The molecule has 0 aliphatic rings. The molecule has 0 heterocycles. The van der Waals surface area contributed by atoms with Gasteiger partial charge in [-0.2, -0.15) is 0 Å². The average molecular weight is 631 g/mol. The minimum atomic E-state index is -2.35. The van der Waals surface area contributed by atoms with Crippen molar-refractivity contribution in [3.8, 4) is 56.0 Å². The minimum Gasteiger partial charge on any atom is -0.611 e. The zero-order valence-electron chi connectivity index (χ0n) is 27.4. The summed E-state index contributed by atoms with van der Waals surface area (Å²) in [6.07, 6.45) is 7.36. The zero-order valence-corrected chi connectivity index (χ0v) is 28.5. The van der Waals surface area contributed by atoms with Crippen LogP contribution in [0.25, 0.3) is 44.5 Å². The lowest BCUT2D eigenvalue weighted by molar-refractivity contribution is 0.420. The van der Waals surface area contributed by atoms with Crippen molar-refractivity contribution in [3.63, 3.8) is 0 Å². The van der Waals surface area contributed by atoms with Crippen LogP contribution in [0.1, 0.15) is 45.4 Å². The molecule has 234 valence electrons. The molecule has 0 saturated carbocycles. The third kappa shape index (κ3) is 8.44. The van der Waals surface area contributed by atoms with E-state index >= 15 is 0 Å². The predicted molar refractivity (Wildman–Crippen MR) is 200 cm³/mol. The monoisotopic (exact) mass is 630 g/mol. The predicted octanol–water partition coefficient (Wildman–Crippen LogP) is 12.7. The molecule has 0 aromatic heterocycles. The Hall–Kier alpha value is -4.55. The number of hydrogen-bond acceptors (Lipinski definition) is 2. The third-order valence-corrected chi connectivity index (χ3v) is 10.5. The maximum atomic E-state index is 7.32. The molecule has 0 bridgehead atoms. The van der Waals surface area contributed by atoms with Gasteiger partial charge in [0.2, 0.25) is 0 Å². The van der Waals surface area contributed by atoms with Crippen molar-refractivity contribution in [2.24, 2.45) is 0 Å². The first-order valence-corrected chi connectivity index (χ1v) is 18.9. The molecule has 6 aromatic rings. The standard InChI is InChI=1S/2C18H14O.C8H17.Al/c2*19-18-16(14-8-3-1-4-9-14)12-7-13-17(18)15-10-5-2-6-11-15;1-3-5-7-8-6-4-2;/h2*1-13,19H;1,3-8H2,2H3;/q;;;+2/p-2. The maximum absolute atomic E-state index is 7.32. The van der Waals surface area contributed by atoms with Gasteiger partial charge in [0, 0.05) is 22.3 Å². The van der Waals surface area contributed by atoms with Gasteiger partial charge in [0.15, 0.2) is 0 Å². The van der Waals surface area contributed by atoms with Crippen LogP contribution in [0.15, 0.2) is 158 Å². The Bertz CT molecular complexity index is 1560. The highest BCUT2D eigenvalue weighted by atomic mass is 27.2. The molecule has 6 rings (SSSR count). The molecule has 0 aliphatic carbocycles. The van der Waals surface area contributed by atoms with Crippen molar-refractivity contribution in [2.75, 3.05) is 0 Å². The van der Waals surface area contributed by atoms with Gasteiger partial charge in [0.05, 0.1) is 11.5 Å². The van der Waals surface area contributed by atoms with E-state index < -0.39 is 14.8 Å². The molecule has 0 atom stereocenters. The van der Waals surface area contributed by atoms with E-state index in [1.165, 1.54) is 32.1 Å². The molecule has 0 saturated heterocycles. The van der Waals surface area contributed by atoms with E-state index in [1.807, 2.05) is 0 Å². The van der Waals surface area contributed by atoms with Crippen LogP contribution < -0.4 is 7.58 Å². The van der Waals surface area contributed by atoms with Crippen LogP contribution in [0, 0.1) is 0 Å². The van der Waals surface area contributed by atoms with Crippen molar-refractivity contribution < 1.29 is 7.58 Å². The Morgan fingerprint density at radius 3 is 1.02 bits per heavy atom. The second-order valence-electron chi connectivity index (χ2n) is 12.1. The van der Waals surface area contributed by atoms with Crippen LogP contribution in [0.3, 0.4) is 0 Å². The second kappa shape index (κ2) is 16.8. The molecule has 0 radical (unpaired) electrons. The van der Waals surface area contributed by atoms with Crippen LogP contribution in [0.2, 0.25) is 5.28 Å². The molecule has 0 fully saturated rings. The zero-order chi connectivity index (χ0) is 32.1. The first kappa shape index (κ1) is 32.4. The summed E-state index contributed by atoms with van der Waals surface area (Å²) in [7, 11) is 0. The molecule has 47 heavy (non-hydrogen) atoms. The molecule has 2 nitrogen and oxygen atoms in total. The van der Waals surface area contributed by atoms with E-state index in [0.29, 0.717) is 0 Å². The molecule has 0 unspecified atom stereocenters. The highest BCUT2D eigenvalue weighted by Gasteiger charge is 2.35. The highest BCUT2D eigenvalue weighted by molar-refractivity contribution is 6.46. The van der Waals surface area contributed by atoms with Gasteiger partial charge in [-0.05, 0) is 27.5 Å². The van der Waals surface area contributed by atoms with E-state index in [4.69, 9.17) is 7.58 Å². The summed E-state index contributed by atoms with van der Waals surface area (Å²) in [5, 5.41) is 0.917. The quantitative estimate of drug-likeness (QED) is 0.0830. The summed E-state index contributed by atoms with van der Waals surface area (Å²) in [6.45, 7) is 2.27. The maximum Gasteiger partial charge on any atom is 0.856 e. The Morgan fingerprint density at radius 1 is 0.362 bits per heavy atom. The first-order chi connectivity index (χ1) is 23.3. The van der Waals surface area contributed by atoms with E-state index in [9.17, 15) is 0 Å². The minimum absolute atomic E-state index is 0.908. The number of unbranched alkanes of at least 4 members (excludes halogenated alkanes) is 5. The summed E-state index contributed by atoms with van der Waals surface area (Å²) < 4.78 is 14.6. The Morgan fingerprint density at radius 2 is 0.681 bits per heavy atom. The van der Waals surface area contributed by atoms with Crippen molar-refractivity contribution in [1.82, 2.24) is 0 Å². The van der Waals surface area contributed by atoms with Gasteiger partial charge in [-0.15, -0.1) is 0 Å². The van der Waals surface area contributed by atoms with Crippen molar-refractivity contribution in [1.29, 1.82) is 0 Å². The fourth-order valence-electron chi connectivity index (χ4n) is 6.20. The molecule has 0 aliphatic heterocycles. The first-order valence-electron chi connectivity index (χ1n) is 17.1. The summed E-state index contributed by atoms with van der Waals surface area (Å²) >= 11 is -2.35. The Labute approximate surface area is 285 Å². The Kier molecular flexibility index (Phi) is 11.6. The SMILES string of the molecule is CCCCCCC[CH2][Al]([O]c1c(-c2ccccc2)cccc1-c1ccccc1)[O]c1c(-c2ccccc2)cccc1-c1ccccc1. The van der Waals surface area contributed by atoms with Crippen molar-refractivity contribution >= 4 is 14.8 Å². The lowest BCUT2D eigenvalue weighted by Gasteiger charge is -2.25. The molecule has 3 heteroatoms. The van der Waals surface area contributed by atoms with Crippen LogP contribution in [-0.4, -0.2) is 14.8 Å². The summed E-state index contributed by atoms with van der Waals surface area (Å²) in [6, 6.07) is 55.4. The largest absolute Gasteiger partial charge is 0.856 e. The second-order valence-corrected chi connectivity index (χ2v) is 14.0. The van der Waals surface area contributed by atoms with Crippen molar-refractivity contribution in [2.45, 2.75) is 50.7 Å². The van der Waals surface area contributed by atoms with Gasteiger partial charge in [0.25, 0.3) is 0 Å². The number of benzene rings is 6. The van der Waals surface area contributed by atoms with E-state index in [2.05, 4.69) is 165 Å². The molecule has 0 N–H and O–H groups in total. The normalized spacial score (nSPS) is 10.8. The van der Waals surface area contributed by atoms with Gasteiger partial charge in [-0.1, -0.05) is 203 Å². The van der Waals surface area contributed by atoms with Gasteiger partial charge in [0.1, 0.15) is 0 Å². The number of para-hydroxylation sites is 2. The average Bonchev–Trinajstić information content (AvgIpc) is 3.14. The Balaban J connectivity index is 1.44. The fourth-order valence-corrected chi connectivity index (χ4v) is 8.14. The number of hydrogen-bond donors (Lipinski definition) is 0.